The Morgan fingerprint density at radius 2 is 1.78 bits per heavy atom. The third-order valence-corrected chi connectivity index (χ3v) is 3.87. The molecule has 0 atom stereocenters. The van der Waals surface area contributed by atoms with Crippen LogP contribution in [0.3, 0.4) is 0 Å². The molecule has 0 unspecified atom stereocenters. The summed E-state index contributed by atoms with van der Waals surface area (Å²) in [5.41, 5.74) is 0. The molecule has 7 heteroatoms. The molecular weight excluding hydrogens is 407 g/mol. The van der Waals surface area contributed by atoms with Gasteiger partial charge >= 0.3 is 0 Å². The van der Waals surface area contributed by atoms with Crippen molar-refractivity contribution < 1.29 is 4.74 Å². The van der Waals surface area contributed by atoms with E-state index in [9.17, 15) is 0 Å². The number of hydrogen-bond acceptors (Lipinski definition) is 3. The minimum Gasteiger partial charge on any atom is -0.437 e. The predicted octanol–water partition coefficient (Wildman–Crippen LogP) is 5.41. The second-order valence-corrected chi connectivity index (χ2v) is 5.86. The van der Waals surface area contributed by atoms with Crippen LogP contribution in [-0.2, 0) is 0 Å². The molecule has 0 aliphatic rings. The van der Waals surface area contributed by atoms with Gasteiger partial charge in [-0.25, -0.2) is 4.98 Å². The van der Waals surface area contributed by atoms with Gasteiger partial charge in [0, 0.05) is 16.6 Å². The highest BCUT2D eigenvalue weighted by atomic mass is 79.9. The Balaban J connectivity index is 2.36. The van der Waals surface area contributed by atoms with E-state index in [1.807, 2.05) is 0 Å². The summed E-state index contributed by atoms with van der Waals surface area (Å²) < 4.78 is 6.94. The van der Waals surface area contributed by atoms with Gasteiger partial charge in [-0.1, -0.05) is 23.2 Å². The second-order valence-electron chi connectivity index (χ2n) is 3.37. The average molecular weight is 413 g/mol. The van der Waals surface area contributed by atoms with Crippen molar-refractivity contribution in [2.24, 2.45) is 0 Å². The molecule has 0 aliphatic carbocycles. The van der Waals surface area contributed by atoms with E-state index in [0.29, 0.717) is 36.6 Å². The molecule has 0 saturated carbocycles. The summed E-state index contributed by atoms with van der Waals surface area (Å²) in [7, 11) is 0. The van der Waals surface area contributed by atoms with Crippen molar-refractivity contribution in [1.29, 1.82) is 0 Å². The van der Waals surface area contributed by atoms with Crippen LogP contribution in [0.4, 0.5) is 0 Å². The molecule has 0 amide bonds. The molecule has 2 rings (SSSR count). The fraction of sp³-hybridized carbons (Fsp3) is 0.0909. The van der Waals surface area contributed by atoms with Crippen molar-refractivity contribution in [3.63, 3.8) is 0 Å². The van der Waals surface area contributed by atoms with E-state index in [2.05, 4.69) is 41.8 Å². The smallest absolute Gasteiger partial charge is 0.223 e. The third-order valence-electron chi connectivity index (χ3n) is 1.97. The van der Waals surface area contributed by atoms with Crippen molar-refractivity contribution >= 4 is 55.1 Å². The Bertz CT molecular complexity index is 588. The summed E-state index contributed by atoms with van der Waals surface area (Å²) in [4.78, 5) is 8.23. The normalized spacial score (nSPS) is 10.5. The molecular formula is C11H6Br2Cl2N2O. The molecule has 0 N–H and O–H groups in total. The van der Waals surface area contributed by atoms with Crippen LogP contribution in [0.25, 0.3) is 0 Å². The van der Waals surface area contributed by atoms with Crippen LogP contribution in [0, 0.1) is 6.92 Å². The molecule has 0 bridgehead atoms. The van der Waals surface area contributed by atoms with Crippen molar-refractivity contribution in [1.82, 2.24) is 9.97 Å². The predicted molar refractivity (Wildman–Crippen MR) is 78.7 cm³/mol. The molecule has 1 aromatic heterocycles. The molecule has 1 heterocycles. The zero-order valence-corrected chi connectivity index (χ0v) is 13.7. The minimum atomic E-state index is 0.398. The maximum Gasteiger partial charge on any atom is 0.223 e. The van der Waals surface area contributed by atoms with E-state index in [4.69, 9.17) is 27.9 Å². The molecule has 0 fully saturated rings. The molecule has 3 nitrogen and oxygen atoms in total. The maximum absolute atomic E-state index is 6.06. The molecule has 0 aliphatic heterocycles. The molecule has 0 spiro atoms. The van der Waals surface area contributed by atoms with E-state index in [1.54, 1.807) is 25.1 Å². The Labute approximate surface area is 131 Å². The van der Waals surface area contributed by atoms with Gasteiger partial charge in [0.2, 0.25) is 5.88 Å². The molecule has 1 aromatic carbocycles. The van der Waals surface area contributed by atoms with Gasteiger partial charge in [-0.05, 0) is 44.8 Å². The van der Waals surface area contributed by atoms with Crippen LogP contribution >= 0.6 is 55.1 Å². The number of aromatic nitrogens is 2. The Morgan fingerprint density at radius 1 is 1.06 bits per heavy atom. The van der Waals surface area contributed by atoms with Crippen LogP contribution in [0.15, 0.2) is 27.3 Å². The monoisotopic (exact) mass is 410 g/mol. The van der Waals surface area contributed by atoms with E-state index >= 15 is 0 Å². The number of halogens is 4. The van der Waals surface area contributed by atoms with Crippen LogP contribution < -0.4 is 4.74 Å². The van der Waals surface area contributed by atoms with Gasteiger partial charge in [-0.2, -0.15) is 4.98 Å². The summed E-state index contributed by atoms with van der Waals surface area (Å²) in [6, 6.07) is 4.95. The number of rotatable bonds is 2. The van der Waals surface area contributed by atoms with Crippen LogP contribution in [0.2, 0.25) is 10.0 Å². The number of nitrogens with zero attached hydrogens (tertiary/aromatic N) is 2. The summed E-state index contributed by atoms with van der Waals surface area (Å²) in [5.74, 6) is 1.43. The molecule has 94 valence electrons. The van der Waals surface area contributed by atoms with E-state index < -0.39 is 0 Å². The van der Waals surface area contributed by atoms with Gasteiger partial charge in [-0.15, -0.1) is 0 Å². The highest BCUT2D eigenvalue weighted by Crippen LogP contribution is 2.36. The Kier molecular flexibility index (Phi) is 4.48. The molecule has 18 heavy (non-hydrogen) atoms. The molecule has 0 radical (unpaired) electrons. The summed E-state index contributed by atoms with van der Waals surface area (Å²) in [6.07, 6.45) is 0. The Hall–Kier alpha value is -0.360. The summed E-state index contributed by atoms with van der Waals surface area (Å²) >= 11 is 18.6. The van der Waals surface area contributed by atoms with Crippen LogP contribution in [0.1, 0.15) is 5.82 Å². The summed E-state index contributed by atoms with van der Waals surface area (Å²) in [5, 5.41) is 0.956. The lowest BCUT2D eigenvalue weighted by molar-refractivity contribution is 0.459. The lowest BCUT2D eigenvalue weighted by atomic mass is 10.3. The van der Waals surface area contributed by atoms with Gasteiger partial charge in [0.15, 0.2) is 0 Å². The van der Waals surface area contributed by atoms with Crippen molar-refractivity contribution in [2.45, 2.75) is 6.92 Å². The zero-order chi connectivity index (χ0) is 13.3. The maximum atomic E-state index is 6.06. The summed E-state index contributed by atoms with van der Waals surface area (Å²) in [6.45, 7) is 1.77. The highest BCUT2D eigenvalue weighted by Gasteiger charge is 2.09. The lowest BCUT2D eigenvalue weighted by Gasteiger charge is -2.08. The van der Waals surface area contributed by atoms with Crippen molar-refractivity contribution in [3.8, 4) is 11.6 Å². The van der Waals surface area contributed by atoms with E-state index in [1.165, 1.54) is 0 Å². The average Bonchev–Trinajstić information content (AvgIpc) is 2.24. The first-order valence-electron chi connectivity index (χ1n) is 4.79. The first-order chi connectivity index (χ1) is 8.45. The van der Waals surface area contributed by atoms with Crippen molar-refractivity contribution in [2.75, 3.05) is 0 Å². The Morgan fingerprint density at radius 3 is 2.44 bits per heavy atom. The lowest BCUT2D eigenvalue weighted by Crippen LogP contribution is -1.94. The fourth-order valence-corrected chi connectivity index (χ4v) is 2.54. The number of aryl methyl sites for hydroxylation is 1. The van der Waals surface area contributed by atoms with Gasteiger partial charge in [-0.3, -0.25) is 0 Å². The SMILES string of the molecule is Cc1nc(Br)cc(Oc2cc(Cl)c(Br)cc2Cl)n1. The van der Waals surface area contributed by atoms with Crippen LogP contribution in [-0.4, -0.2) is 9.97 Å². The standard InChI is InChI=1S/C11H6Br2Cl2N2O/c1-5-16-10(13)4-11(17-5)18-9-3-7(14)6(12)2-8(9)15/h2-4H,1H3. The van der Waals surface area contributed by atoms with Crippen LogP contribution in [0.5, 0.6) is 11.6 Å². The van der Waals surface area contributed by atoms with E-state index in [0.717, 1.165) is 0 Å². The second kappa shape index (κ2) is 5.74. The first-order valence-corrected chi connectivity index (χ1v) is 7.13. The number of ether oxygens (including phenoxy) is 1. The molecule has 0 saturated heterocycles. The van der Waals surface area contributed by atoms with Gasteiger partial charge in [0.05, 0.1) is 10.0 Å². The quantitative estimate of drug-likeness (QED) is 0.488. The highest BCUT2D eigenvalue weighted by molar-refractivity contribution is 9.10. The zero-order valence-electron chi connectivity index (χ0n) is 9.05. The minimum absolute atomic E-state index is 0.398. The van der Waals surface area contributed by atoms with E-state index in [-0.39, 0.29) is 0 Å². The number of benzene rings is 1. The van der Waals surface area contributed by atoms with Gasteiger partial charge < -0.3 is 4.74 Å². The fourth-order valence-electron chi connectivity index (χ4n) is 1.25. The first kappa shape index (κ1) is 14.1. The largest absolute Gasteiger partial charge is 0.437 e. The van der Waals surface area contributed by atoms with Gasteiger partial charge in [0.25, 0.3) is 0 Å². The van der Waals surface area contributed by atoms with Gasteiger partial charge in [0.1, 0.15) is 16.2 Å². The third kappa shape index (κ3) is 3.35. The number of hydrogen-bond donors (Lipinski definition) is 0. The topological polar surface area (TPSA) is 35.0 Å². The van der Waals surface area contributed by atoms with Crippen molar-refractivity contribution in [3.05, 3.63) is 43.1 Å². The molecule has 2 aromatic rings.